The number of anilines is 1. The zero-order chi connectivity index (χ0) is 22.8. The third-order valence-electron chi connectivity index (χ3n) is 5.90. The van der Waals surface area contributed by atoms with Gasteiger partial charge >= 0.3 is 6.18 Å². The Morgan fingerprint density at radius 1 is 1.22 bits per heavy atom. The summed E-state index contributed by atoms with van der Waals surface area (Å²) in [6.45, 7) is 2.19. The SMILES string of the molecule is COCCN=C1Nc2ccccc2CNC12CCN(C(=O)c1cccc(C(F)(F)F)c1)C2. The molecule has 2 aromatic carbocycles. The van der Waals surface area contributed by atoms with Crippen molar-refractivity contribution in [1.82, 2.24) is 10.2 Å². The summed E-state index contributed by atoms with van der Waals surface area (Å²) in [5.41, 5.74) is 0.593. The van der Waals surface area contributed by atoms with Gasteiger partial charge in [0.2, 0.25) is 0 Å². The van der Waals surface area contributed by atoms with Crippen molar-refractivity contribution in [2.75, 3.05) is 38.7 Å². The number of nitrogens with one attached hydrogen (secondary N) is 2. The number of alkyl halides is 3. The molecule has 0 bridgehead atoms. The molecule has 170 valence electrons. The number of hydrogen-bond acceptors (Lipinski definition) is 4. The lowest BCUT2D eigenvalue weighted by atomic mass is 9.96. The highest BCUT2D eigenvalue weighted by Gasteiger charge is 2.45. The van der Waals surface area contributed by atoms with Crippen molar-refractivity contribution in [3.63, 3.8) is 0 Å². The van der Waals surface area contributed by atoms with E-state index in [-0.39, 0.29) is 5.56 Å². The summed E-state index contributed by atoms with van der Waals surface area (Å²) in [6, 6.07) is 12.5. The van der Waals surface area contributed by atoms with Crippen molar-refractivity contribution >= 4 is 17.4 Å². The fraction of sp³-hybridized carbons (Fsp3) is 0.391. The molecule has 0 aromatic heterocycles. The molecule has 9 heteroatoms. The number of amidine groups is 1. The molecule has 2 aliphatic heterocycles. The van der Waals surface area contributed by atoms with Crippen molar-refractivity contribution in [3.05, 3.63) is 65.2 Å². The Labute approximate surface area is 184 Å². The van der Waals surface area contributed by atoms with E-state index in [1.54, 1.807) is 12.0 Å². The first kappa shape index (κ1) is 22.3. The molecule has 1 fully saturated rings. The minimum atomic E-state index is -4.50. The number of nitrogens with zero attached hydrogens (tertiary/aromatic N) is 2. The number of ether oxygens (including phenoxy) is 1. The van der Waals surface area contributed by atoms with Gasteiger partial charge in [-0.2, -0.15) is 13.2 Å². The molecule has 1 amide bonds. The number of para-hydroxylation sites is 1. The molecule has 2 aliphatic rings. The Balaban J connectivity index is 1.60. The second-order valence-corrected chi connectivity index (χ2v) is 8.00. The van der Waals surface area contributed by atoms with E-state index in [4.69, 9.17) is 9.73 Å². The molecule has 0 saturated carbocycles. The number of benzene rings is 2. The average molecular weight is 446 g/mol. The summed E-state index contributed by atoms with van der Waals surface area (Å²) in [5.74, 6) is 0.284. The smallest absolute Gasteiger partial charge is 0.383 e. The average Bonchev–Trinajstić information content (AvgIpc) is 3.15. The van der Waals surface area contributed by atoms with E-state index in [9.17, 15) is 18.0 Å². The lowest BCUT2D eigenvalue weighted by Gasteiger charge is -2.30. The van der Waals surface area contributed by atoms with Crippen LogP contribution in [0.3, 0.4) is 0 Å². The van der Waals surface area contributed by atoms with Gasteiger partial charge in [0.15, 0.2) is 0 Å². The van der Waals surface area contributed by atoms with Crippen LogP contribution in [-0.4, -0.2) is 55.5 Å². The highest BCUT2D eigenvalue weighted by atomic mass is 19.4. The zero-order valence-corrected chi connectivity index (χ0v) is 17.7. The topological polar surface area (TPSA) is 66.0 Å². The number of halogens is 3. The number of amides is 1. The molecule has 1 spiro atoms. The number of methoxy groups -OCH3 is 1. The van der Waals surface area contributed by atoms with Gasteiger partial charge in [0, 0.05) is 38.0 Å². The van der Waals surface area contributed by atoms with Crippen LogP contribution in [-0.2, 0) is 17.5 Å². The number of carbonyl (C=O) groups excluding carboxylic acids is 1. The highest BCUT2D eigenvalue weighted by molar-refractivity contribution is 6.05. The quantitative estimate of drug-likeness (QED) is 0.705. The molecule has 32 heavy (non-hydrogen) atoms. The molecule has 2 N–H and O–H groups in total. The van der Waals surface area contributed by atoms with Crippen LogP contribution in [0.15, 0.2) is 53.5 Å². The van der Waals surface area contributed by atoms with Gasteiger partial charge in [-0.25, -0.2) is 0 Å². The Kier molecular flexibility index (Phi) is 6.21. The number of likely N-dealkylation sites (tertiary alicyclic amines) is 1. The fourth-order valence-electron chi connectivity index (χ4n) is 4.16. The minimum Gasteiger partial charge on any atom is -0.383 e. The third-order valence-corrected chi connectivity index (χ3v) is 5.90. The van der Waals surface area contributed by atoms with Crippen LogP contribution < -0.4 is 10.6 Å². The van der Waals surface area contributed by atoms with Crippen LogP contribution in [0.1, 0.15) is 27.9 Å². The van der Waals surface area contributed by atoms with Crippen molar-refractivity contribution in [3.8, 4) is 0 Å². The maximum absolute atomic E-state index is 13.1. The summed E-state index contributed by atoms with van der Waals surface area (Å²) in [7, 11) is 1.61. The van der Waals surface area contributed by atoms with Crippen molar-refractivity contribution in [2.24, 2.45) is 4.99 Å². The predicted molar refractivity (Wildman–Crippen MR) is 116 cm³/mol. The summed E-state index contributed by atoms with van der Waals surface area (Å²) < 4.78 is 44.4. The van der Waals surface area contributed by atoms with Gasteiger partial charge in [0.25, 0.3) is 5.91 Å². The van der Waals surface area contributed by atoms with Gasteiger partial charge in [-0.05, 0) is 36.2 Å². The molecule has 6 nitrogen and oxygen atoms in total. The second-order valence-electron chi connectivity index (χ2n) is 8.00. The fourth-order valence-corrected chi connectivity index (χ4v) is 4.16. The molecule has 0 aliphatic carbocycles. The van der Waals surface area contributed by atoms with Crippen LogP contribution in [0.4, 0.5) is 18.9 Å². The van der Waals surface area contributed by atoms with E-state index in [2.05, 4.69) is 10.6 Å². The summed E-state index contributed by atoms with van der Waals surface area (Å²) >= 11 is 0. The molecule has 2 heterocycles. The van der Waals surface area contributed by atoms with Crippen LogP contribution in [0.25, 0.3) is 0 Å². The third kappa shape index (κ3) is 4.49. The van der Waals surface area contributed by atoms with Crippen LogP contribution in [0, 0.1) is 0 Å². The number of carbonyl (C=O) groups is 1. The van der Waals surface area contributed by atoms with Gasteiger partial charge in [-0.15, -0.1) is 0 Å². The lowest BCUT2D eigenvalue weighted by molar-refractivity contribution is -0.137. The van der Waals surface area contributed by atoms with Crippen molar-refractivity contribution in [1.29, 1.82) is 0 Å². The standard InChI is InChI=1S/C23H25F3N4O2/c1-32-12-10-27-21-22(28-14-17-5-2-3-8-19(17)29-21)9-11-30(15-22)20(31)16-6-4-7-18(13-16)23(24,25)26/h2-8,13,28H,9-12,14-15H2,1H3,(H,27,29). The molecule has 0 radical (unpaired) electrons. The van der Waals surface area contributed by atoms with Gasteiger partial charge in [0.1, 0.15) is 5.84 Å². The largest absolute Gasteiger partial charge is 0.416 e. The maximum atomic E-state index is 13.1. The Hall–Kier alpha value is -2.91. The van der Waals surface area contributed by atoms with E-state index in [0.29, 0.717) is 45.0 Å². The molecule has 1 atom stereocenters. The molecule has 1 saturated heterocycles. The molecule has 1 unspecified atom stereocenters. The predicted octanol–water partition coefficient (Wildman–Crippen LogP) is 3.55. The summed E-state index contributed by atoms with van der Waals surface area (Å²) in [6.07, 6.45) is -3.91. The van der Waals surface area contributed by atoms with Gasteiger partial charge in [-0.3, -0.25) is 15.1 Å². The Bertz CT molecular complexity index is 1020. The first-order valence-electron chi connectivity index (χ1n) is 10.4. The number of aliphatic imine (C=N–C) groups is 1. The number of rotatable bonds is 4. The normalized spacial score (nSPS) is 22.0. The van der Waals surface area contributed by atoms with E-state index in [1.165, 1.54) is 12.1 Å². The Morgan fingerprint density at radius 3 is 2.81 bits per heavy atom. The van der Waals surface area contributed by atoms with Crippen molar-refractivity contribution in [2.45, 2.75) is 24.7 Å². The Morgan fingerprint density at radius 2 is 2.03 bits per heavy atom. The number of fused-ring (bicyclic) bond motifs is 1. The van der Waals surface area contributed by atoms with E-state index >= 15 is 0 Å². The van der Waals surface area contributed by atoms with E-state index in [0.717, 1.165) is 23.4 Å². The molecule has 4 rings (SSSR count). The second kappa shape index (κ2) is 8.91. The maximum Gasteiger partial charge on any atom is 0.416 e. The molecular weight excluding hydrogens is 421 g/mol. The van der Waals surface area contributed by atoms with Crippen LogP contribution in [0.2, 0.25) is 0 Å². The van der Waals surface area contributed by atoms with E-state index in [1.807, 2.05) is 24.3 Å². The van der Waals surface area contributed by atoms with Crippen LogP contribution in [0.5, 0.6) is 0 Å². The number of hydrogen-bond donors (Lipinski definition) is 2. The zero-order valence-electron chi connectivity index (χ0n) is 17.7. The van der Waals surface area contributed by atoms with Crippen molar-refractivity contribution < 1.29 is 22.7 Å². The minimum absolute atomic E-state index is 0.0274. The first-order valence-corrected chi connectivity index (χ1v) is 10.4. The van der Waals surface area contributed by atoms with Crippen LogP contribution >= 0.6 is 0 Å². The molecule has 2 aromatic rings. The monoisotopic (exact) mass is 446 g/mol. The van der Waals surface area contributed by atoms with Gasteiger partial charge < -0.3 is 15.0 Å². The van der Waals surface area contributed by atoms with Gasteiger partial charge in [0.05, 0.1) is 24.3 Å². The summed E-state index contributed by atoms with van der Waals surface area (Å²) in [5, 5.41) is 6.98. The van der Waals surface area contributed by atoms with E-state index < -0.39 is 23.2 Å². The van der Waals surface area contributed by atoms with Gasteiger partial charge in [-0.1, -0.05) is 24.3 Å². The molecular formula is C23H25F3N4O2. The highest BCUT2D eigenvalue weighted by Crippen LogP contribution is 2.32. The first-order chi connectivity index (χ1) is 15.3. The lowest BCUT2D eigenvalue weighted by Crippen LogP contribution is -2.55. The summed E-state index contributed by atoms with van der Waals surface area (Å²) in [4.78, 5) is 19.4.